The molecule has 0 radical (unpaired) electrons. The van der Waals surface area contributed by atoms with Crippen molar-refractivity contribution in [2.75, 3.05) is 20.3 Å². The van der Waals surface area contributed by atoms with E-state index in [1.807, 2.05) is 0 Å². The average Bonchev–Trinajstić information content (AvgIpc) is 2.94. The van der Waals surface area contributed by atoms with Crippen LogP contribution in [0.25, 0.3) is 0 Å². The van der Waals surface area contributed by atoms with Gasteiger partial charge in [-0.15, -0.1) is 0 Å². The van der Waals surface area contributed by atoms with Gasteiger partial charge in [0, 0.05) is 6.61 Å². The summed E-state index contributed by atoms with van der Waals surface area (Å²) in [4.78, 5) is 15.5. The predicted octanol–water partition coefficient (Wildman–Crippen LogP) is 2.14. The Hall–Kier alpha value is -0.850. The van der Waals surface area contributed by atoms with Crippen molar-refractivity contribution < 1.29 is 19.0 Å². The van der Waals surface area contributed by atoms with E-state index in [2.05, 4.69) is 9.72 Å². The molecular formula is C10H12ClNO4S. The third-order valence-electron chi connectivity index (χ3n) is 2.35. The maximum Gasteiger partial charge on any atom is 0.351 e. The predicted molar refractivity (Wildman–Crippen MR) is 62.9 cm³/mol. The van der Waals surface area contributed by atoms with Crippen LogP contribution in [0.3, 0.4) is 0 Å². The number of aromatic nitrogens is 1. The minimum atomic E-state index is -0.500. The maximum atomic E-state index is 11.3. The van der Waals surface area contributed by atoms with E-state index in [1.165, 1.54) is 7.11 Å². The second-order valence-corrected chi connectivity index (χ2v) is 4.86. The number of thiazole rings is 1. The van der Waals surface area contributed by atoms with E-state index in [9.17, 15) is 4.79 Å². The number of hydrogen-bond acceptors (Lipinski definition) is 6. The van der Waals surface area contributed by atoms with Crippen molar-refractivity contribution in [3.8, 4) is 5.19 Å². The van der Waals surface area contributed by atoms with Crippen molar-refractivity contribution in [1.29, 1.82) is 0 Å². The average molecular weight is 278 g/mol. The number of methoxy groups -OCH3 is 1. The fourth-order valence-corrected chi connectivity index (χ4v) is 2.56. The molecule has 1 aliphatic rings. The number of carbonyl (C=O) groups excluding carboxylic acids is 1. The van der Waals surface area contributed by atoms with E-state index in [4.69, 9.17) is 21.1 Å². The number of hydrogen-bond donors (Lipinski definition) is 0. The van der Waals surface area contributed by atoms with Crippen LogP contribution in [0.4, 0.5) is 0 Å². The first-order chi connectivity index (χ1) is 8.20. The van der Waals surface area contributed by atoms with E-state index in [1.54, 1.807) is 0 Å². The summed E-state index contributed by atoms with van der Waals surface area (Å²) in [6.45, 7) is 1.21. The second-order valence-electron chi connectivity index (χ2n) is 3.54. The monoisotopic (exact) mass is 277 g/mol. The minimum absolute atomic E-state index is 0.110. The second kappa shape index (κ2) is 5.66. The normalized spacial score (nSPS) is 19.3. The highest BCUT2D eigenvalue weighted by Crippen LogP contribution is 2.29. The van der Waals surface area contributed by atoms with Gasteiger partial charge in [-0.25, -0.2) is 4.79 Å². The van der Waals surface area contributed by atoms with Gasteiger partial charge in [0.2, 0.25) is 0 Å². The van der Waals surface area contributed by atoms with Crippen LogP contribution in [-0.2, 0) is 9.47 Å². The molecule has 2 heterocycles. The van der Waals surface area contributed by atoms with Gasteiger partial charge >= 0.3 is 5.97 Å². The lowest BCUT2D eigenvalue weighted by molar-refractivity contribution is 0.0606. The molecule has 17 heavy (non-hydrogen) atoms. The molecule has 0 bridgehead atoms. The third kappa shape index (κ3) is 3.08. The first-order valence-electron chi connectivity index (χ1n) is 5.19. The first-order valence-corrected chi connectivity index (χ1v) is 6.39. The highest BCUT2D eigenvalue weighted by molar-refractivity contribution is 7.15. The Bertz CT molecular complexity index is 403. The molecule has 1 aromatic heterocycles. The highest BCUT2D eigenvalue weighted by atomic mass is 35.5. The molecule has 0 spiro atoms. The van der Waals surface area contributed by atoms with E-state index in [0.717, 1.165) is 30.8 Å². The summed E-state index contributed by atoms with van der Waals surface area (Å²) in [5, 5.41) is 0.482. The summed E-state index contributed by atoms with van der Waals surface area (Å²) < 4.78 is 15.4. The van der Waals surface area contributed by atoms with Crippen molar-refractivity contribution in [1.82, 2.24) is 4.98 Å². The minimum Gasteiger partial charge on any atom is -0.467 e. The summed E-state index contributed by atoms with van der Waals surface area (Å²) >= 11 is 6.88. The van der Waals surface area contributed by atoms with E-state index >= 15 is 0 Å². The molecule has 0 saturated carbocycles. The Morgan fingerprint density at radius 2 is 2.53 bits per heavy atom. The van der Waals surface area contributed by atoms with Gasteiger partial charge in [-0.3, -0.25) is 0 Å². The van der Waals surface area contributed by atoms with E-state index in [0.29, 0.717) is 11.8 Å². The maximum absolute atomic E-state index is 11.3. The molecule has 0 N–H and O–H groups in total. The molecule has 7 heteroatoms. The van der Waals surface area contributed by atoms with Gasteiger partial charge in [0.25, 0.3) is 5.19 Å². The molecule has 2 rings (SSSR count). The van der Waals surface area contributed by atoms with Crippen LogP contribution in [0, 0.1) is 0 Å². The standard InChI is InChI=1S/C10H12ClNO4S/c1-14-9(13)7-8(11)12-10(17-7)16-5-6-3-2-4-15-6/h6H,2-5H2,1H3. The number of esters is 1. The van der Waals surface area contributed by atoms with E-state index in [-0.39, 0.29) is 16.1 Å². The first kappa shape index (κ1) is 12.6. The summed E-state index contributed by atoms with van der Waals surface area (Å²) in [6, 6.07) is 0. The number of ether oxygens (including phenoxy) is 3. The zero-order valence-electron chi connectivity index (χ0n) is 9.27. The van der Waals surface area contributed by atoms with Crippen LogP contribution in [0.1, 0.15) is 22.5 Å². The molecule has 5 nitrogen and oxygen atoms in total. The van der Waals surface area contributed by atoms with Crippen molar-refractivity contribution in [3.05, 3.63) is 10.0 Å². The summed E-state index contributed by atoms with van der Waals surface area (Å²) in [7, 11) is 1.30. The van der Waals surface area contributed by atoms with Crippen LogP contribution in [0.15, 0.2) is 0 Å². The number of nitrogens with zero attached hydrogens (tertiary/aromatic N) is 1. The molecule has 0 aromatic carbocycles. The molecule has 94 valence electrons. The Morgan fingerprint density at radius 1 is 1.71 bits per heavy atom. The molecule has 0 aliphatic carbocycles. The topological polar surface area (TPSA) is 57.7 Å². The van der Waals surface area contributed by atoms with Crippen LogP contribution >= 0.6 is 22.9 Å². The van der Waals surface area contributed by atoms with Crippen molar-refractivity contribution in [2.45, 2.75) is 18.9 Å². The smallest absolute Gasteiger partial charge is 0.351 e. The molecular weight excluding hydrogens is 266 g/mol. The van der Waals surface area contributed by atoms with E-state index < -0.39 is 5.97 Å². The van der Waals surface area contributed by atoms with Crippen molar-refractivity contribution >= 4 is 28.9 Å². The van der Waals surface area contributed by atoms with Gasteiger partial charge in [-0.05, 0) is 12.8 Å². The van der Waals surface area contributed by atoms with Gasteiger partial charge in [0.1, 0.15) is 6.61 Å². The van der Waals surface area contributed by atoms with Gasteiger partial charge in [-0.1, -0.05) is 22.9 Å². The quantitative estimate of drug-likeness (QED) is 0.789. The van der Waals surface area contributed by atoms with Gasteiger partial charge in [0.15, 0.2) is 10.0 Å². The molecule has 1 aliphatic heterocycles. The SMILES string of the molecule is COC(=O)c1sc(OCC2CCCO2)nc1Cl. The molecule has 1 fully saturated rings. The lowest BCUT2D eigenvalue weighted by Crippen LogP contribution is -2.16. The molecule has 1 unspecified atom stereocenters. The fraction of sp³-hybridized carbons (Fsp3) is 0.600. The van der Waals surface area contributed by atoms with Crippen molar-refractivity contribution in [3.63, 3.8) is 0 Å². The Kier molecular flexibility index (Phi) is 4.20. The number of rotatable bonds is 4. The summed E-state index contributed by atoms with van der Waals surface area (Å²) in [5.41, 5.74) is 0. The Balaban J connectivity index is 1.94. The molecule has 1 aromatic rings. The van der Waals surface area contributed by atoms with Gasteiger partial charge in [-0.2, -0.15) is 4.98 Å². The zero-order valence-corrected chi connectivity index (χ0v) is 10.8. The highest BCUT2D eigenvalue weighted by Gasteiger charge is 2.20. The number of carbonyl (C=O) groups is 1. The van der Waals surface area contributed by atoms with Crippen LogP contribution in [0.2, 0.25) is 5.15 Å². The van der Waals surface area contributed by atoms with Crippen LogP contribution in [0.5, 0.6) is 5.19 Å². The summed E-state index contributed by atoms with van der Waals surface area (Å²) in [6.07, 6.45) is 2.16. The van der Waals surface area contributed by atoms with Gasteiger partial charge < -0.3 is 14.2 Å². The van der Waals surface area contributed by atoms with Crippen LogP contribution < -0.4 is 4.74 Å². The Labute approximate surface area is 108 Å². The lowest BCUT2D eigenvalue weighted by atomic mass is 10.2. The number of halogens is 1. The molecule has 1 saturated heterocycles. The van der Waals surface area contributed by atoms with Gasteiger partial charge in [0.05, 0.1) is 13.2 Å². The fourth-order valence-electron chi connectivity index (χ4n) is 1.50. The summed E-state index contributed by atoms with van der Waals surface area (Å²) in [5.74, 6) is -0.500. The lowest BCUT2D eigenvalue weighted by Gasteiger charge is -2.08. The largest absolute Gasteiger partial charge is 0.467 e. The Morgan fingerprint density at radius 3 is 3.18 bits per heavy atom. The zero-order chi connectivity index (χ0) is 12.3. The third-order valence-corrected chi connectivity index (χ3v) is 3.69. The molecule has 0 amide bonds. The molecule has 1 atom stereocenters. The van der Waals surface area contributed by atoms with Crippen LogP contribution in [-0.4, -0.2) is 37.4 Å². The van der Waals surface area contributed by atoms with Crippen molar-refractivity contribution in [2.24, 2.45) is 0 Å².